The number of hydrogen-bond donors (Lipinski definition) is 1. The normalized spacial score (nSPS) is 37.9. The van der Waals surface area contributed by atoms with Crippen LogP contribution in [0.3, 0.4) is 0 Å². The van der Waals surface area contributed by atoms with Crippen molar-refractivity contribution in [3.63, 3.8) is 0 Å². The Morgan fingerprint density at radius 3 is 2.25 bits per heavy atom. The lowest BCUT2D eigenvalue weighted by Crippen LogP contribution is -2.58. The number of fused-ring (bicyclic) bond motifs is 2. The van der Waals surface area contributed by atoms with Gasteiger partial charge in [-0.15, -0.1) is 0 Å². The molecule has 1 saturated carbocycles. The molecule has 4 rings (SSSR count). The molecule has 0 aromatic heterocycles. The van der Waals surface area contributed by atoms with E-state index in [1.54, 1.807) is 0 Å². The first-order valence-corrected chi connectivity index (χ1v) is 8.27. The summed E-state index contributed by atoms with van der Waals surface area (Å²) in [5, 5.41) is 11.0. The standard InChI is InChI=1S/C18H25NO/c20-18(15-9-10-15)11-16-7-4-8-17(12-18)19(16)13-14-5-2-1-3-6-14/h1-3,5-6,15-17,20H,4,7-13H2. The topological polar surface area (TPSA) is 23.5 Å². The molecule has 2 bridgehead atoms. The van der Waals surface area contributed by atoms with Gasteiger partial charge in [-0.3, -0.25) is 4.90 Å². The molecule has 1 N–H and O–H groups in total. The summed E-state index contributed by atoms with van der Waals surface area (Å²) in [4.78, 5) is 2.69. The number of aliphatic hydroxyl groups is 1. The Bertz CT molecular complexity index is 454. The molecule has 0 radical (unpaired) electrons. The Morgan fingerprint density at radius 1 is 1.00 bits per heavy atom. The van der Waals surface area contributed by atoms with Gasteiger partial charge in [-0.25, -0.2) is 0 Å². The Kier molecular flexibility index (Phi) is 3.12. The number of benzene rings is 1. The van der Waals surface area contributed by atoms with Crippen molar-refractivity contribution in [2.24, 2.45) is 5.92 Å². The number of nitrogens with zero attached hydrogens (tertiary/aromatic N) is 1. The molecule has 20 heavy (non-hydrogen) atoms. The van der Waals surface area contributed by atoms with Gasteiger partial charge >= 0.3 is 0 Å². The van der Waals surface area contributed by atoms with E-state index in [9.17, 15) is 5.11 Å². The van der Waals surface area contributed by atoms with E-state index >= 15 is 0 Å². The Morgan fingerprint density at radius 2 is 1.65 bits per heavy atom. The fraction of sp³-hybridized carbons (Fsp3) is 0.667. The van der Waals surface area contributed by atoms with E-state index in [0.717, 1.165) is 19.4 Å². The molecule has 1 aromatic carbocycles. The fourth-order valence-electron chi connectivity index (χ4n) is 4.56. The summed E-state index contributed by atoms with van der Waals surface area (Å²) in [7, 11) is 0. The van der Waals surface area contributed by atoms with Crippen LogP contribution in [0.1, 0.15) is 50.5 Å². The van der Waals surface area contributed by atoms with E-state index in [4.69, 9.17) is 0 Å². The monoisotopic (exact) mass is 271 g/mol. The van der Waals surface area contributed by atoms with Crippen LogP contribution < -0.4 is 0 Å². The lowest BCUT2D eigenvalue weighted by Gasteiger charge is -2.52. The van der Waals surface area contributed by atoms with Gasteiger partial charge in [0.25, 0.3) is 0 Å². The predicted molar refractivity (Wildman–Crippen MR) is 80.3 cm³/mol. The van der Waals surface area contributed by atoms with Crippen LogP contribution in [-0.2, 0) is 6.54 Å². The number of rotatable bonds is 3. The van der Waals surface area contributed by atoms with E-state index < -0.39 is 0 Å². The number of piperidine rings is 2. The van der Waals surface area contributed by atoms with Crippen LogP contribution in [-0.4, -0.2) is 27.7 Å². The summed E-state index contributed by atoms with van der Waals surface area (Å²) in [6, 6.07) is 12.0. The maximum absolute atomic E-state index is 11.0. The largest absolute Gasteiger partial charge is 0.389 e. The predicted octanol–water partition coefficient (Wildman–Crippen LogP) is 3.34. The molecule has 1 aliphatic carbocycles. The third-order valence-electron chi connectivity index (χ3n) is 5.74. The Balaban J connectivity index is 1.53. The summed E-state index contributed by atoms with van der Waals surface area (Å²) in [5.41, 5.74) is 1.09. The maximum Gasteiger partial charge on any atom is 0.0705 e. The molecule has 1 aromatic rings. The minimum atomic E-state index is -0.330. The molecular weight excluding hydrogens is 246 g/mol. The molecule has 3 fully saturated rings. The van der Waals surface area contributed by atoms with E-state index in [1.165, 1.54) is 37.7 Å². The molecule has 2 heteroatoms. The summed E-state index contributed by atoms with van der Waals surface area (Å²) in [6.07, 6.45) is 8.45. The van der Waals surface area contributed by atoms with Crippen molar-refractivity contribution in [2.45, 2.75) is 69.2 Å². The highest BCUT2D eigenvalue weighted by molar-refractivity contribution is 5.16. The maximum atomic E-state index is 11.0. The van der Waals surface area contributed by atoms with Gasteiger partial charge < -0.3 is 5.11 Å². The molecule has 3 aliphatic rings. The lowest BCUT2D eigenvalue weighted by molar-refractivity contribution is -0.107. The van der Waals surface area contributed by atoms with E-state index in [1.807, 2.05) is 0 Å². The van der Waals surface area contributed by atoms with Crippen LogP contribution in [0.15, 0.2) is 30.3 Å². The summed E-state index contributed by atoms with van der Waals surface area (Å²) in [5.74, 6) is 0.615. The lowest BCUT2D eigenvalue weighted by atomic mass is 9.73. The van der Waals surface area contributed by atoms with Crippen molar-refractivity contribution in [1.29, 1.82) is 0 Å². The third kappa shape index (κ3) is 2.29. The first kappa shape index (κ1) is 12.8. The minimum absolute atomic E-state index is 0.330. The summed E-state index contributed by atoms with van der Waals surface area (Å²) >= 11 is 0. The van der Waals surface area contributed by atoms with Crippen molar-refractivity contribution in [3.8, 4) is 0 Å². The van der Waals surface area contributed by atoms with Gasteiger partial charge in [0.05, 0.1) is 5.60 Å². The Hall–Kier alpha value is -0.860. The third-order valence-corrected chi connectivity index (χ3v) is 5.74. The molecule has 0 amide bonds. The van der Waals surface area contributed by atoms with Crippen LogP contribution in [0.2, 0.25) is 0 Å². The highest BCUT2D eigenvalue weighted by Gasteiger charge is 2.52. The molecule has 0 spiro atoms. The van der Waals surface area contributed by atoms with Crippen LogP contribution in [0.25, 0.3) is 0 Å². The van der Waals surface area contributed by atoms with Crippen molar-refractivity contribution in [3.05, 3.63) is 35.9 Å². The van der Waals surface area contributed by atoms with Gasteiger partial charge in [-0.05, 0) is 50.0 Å². The molecule has 2 atom stereocenters. The van der Waals surface area contributed by atoms with Crippen molar-refractivity contribution < 1.29 is 5.11 Å². The van der Waals surface area contributed by atoms with Crippen LogP contribution in [0.4, 0.5) is 0 Å². The van der Waals surface area contributed by atoms with Gasteiger partial charge in [0, 0.05) is 18.6 Å². The molecular formula is C18H25NO. The van der Waals surface area contributed by atoms with Gasteiger partial charge in [-0.2, -0.15) is 0 Å². The molecule has 2 aliphatic heterocycles. The average Bonchev–Trinajstić information content (AvgIpc) is 3.26. The van der Waals surface area contributed by atoms with Gasteiger partial charge in [-0.1, -0.05) is 36.8 Å². The second-order valence-electron chi connectivity index (χ2n) is 7.18. The average molecular weight is 271 g/mol. The van der Waals surface area contributed by atoms with Crippen molar-refractivity contribution >= 4 is 0 Å². The van der Waals surface area contributed by atoms with Crippen LogP contribution >= 0.6 is 0 Å². The first-order chi connectivity index (χ1) is 9.74. The van der Waals surface area contributed by atoms with Gasteiger partial charge in [0.2, 0.25) is 0 Å². The summed E-state index contributed by atoms with van der Waals surface area (Å²) < 4.78 is 0. The van der Waals surface area contributed by atoms with Crippen molar-refractivity contribution in [1.82, 2.24) is 4.90 Å². The molecule has 2 nitrogen and oxygen atoms in total. The van der Waals surface area contributed by atoms with E-state index in [2.05, 4.69) is 35.2 Å². The van der Waals surface area contributed by atoms with E-state index in [-0.39, 0.29) is 5.60 Å². The highest BCUT2D eigenvalue weighted by atomic mass is 16.3. The molecule has 108 valence electrons. The van der Waals surface area contributed by atoms with Gasteiger partial charge in [0.15, 0.2) is 0 Å². The fourth-order valence-corrected chi connectivity index (χ4v) is 4.56. The molecule has 2 unspecified atom stereocenters. The molecule has 2 saturated heterocycles. The zero-order chi connectivity index (χ0) is 13.6. The zero-order valence-corrected chi connectivity index (χ0v) is 12.2. The van der Waals surface area contributed by atoms with E-state index in [0.29, 0.717) is 18.0 Å². The molecule has 2 heterocycles. The Labute approximate surface area is 121 Å². The SMILES string of the molecule is OC1(C2CC2)CC2CCCC(C1)N2Cc1ccccc1. The van der Waals surface area contributed by atoms with Crippen LogP contribution in [0.5, 0.6) is 0 Å². The quantitative estimate of drug-likeness (QED) is 0.911. The smallest absolute Gasteiger partial charge is 0.0705 e. The second kappa shape index (κ2) is 4.85. The van der Waals surface area contributed by atoms with Crippen LogP contribution in [0, 0.1) is 5.92 Å². The minimum Gasteiger partial charge on any atom is -0.389 e. The zero-order valence-electron chi connectivity index (χ0n) is 12.2. The second-order valence-corrected chi connectivity index (χ2v) is 7.18. The first-order valence-electron chi connectivity index (χ1n) is 8.27. The summed E-state index contributed by atoms with van der Waals surface area (Å²) in [6.45, 7) is 1.07. The van der Waals surface area contributed by atoms with Crippen molar-refractivity contribution in [2.75, 3.05) is 0 Å². The number of hydrogen-bond acceptors (Lipinski definition) is 2. The highest BCUT2D eigenvalue weighted by Crippen LogP contribution is 2.50. The van der Waals surface area contributed by atoms with Gasteiger partial charge in [0.1, 0.15) is 0 Å².